The third-order valence-electron chi connectivity index (χ3n) is 5.38. The molecule has 3 rings (SSSR count). The Balaban J connectivity index is 1.57. The van der Waals surface area contributed by atoms with E-state index in [1.165, 1.54) is 0 Å². The quantitative estimate of drug-likeness (QED) is 0.646. The minimum Gasteiger partial charge on any atom is -0.455 e. The van der Waals surface area contributed by atoms with Gasteiger partial charge in [-0.2, -0.15) is 0 Å². The van der Waals surface area contributed by atoms with E-state index in [0.29, 0.717) is 17.7 Å². The maximum Gasteiger partial charge on any atom is 0.313 e. The third kappa shape index (κ3) is 5.69. The highest BCUT2D eigenvalue weighted by Crippen LogP contribution is 2.22. The van der Waals surface area contributed by atoms with Crippen LogP contribution in [0.4, 0.5) is 5.69 Å². The average Bonchev–Trinajstić information content (AvgIpc) is 3.27. The Morgan fingerprint density at radius 2 is 1.67 bits per heavy atom. The molecule has 158 valence electrons. The number of carbonyl (C=O) groups excluding carboxylic acids is 3. The summed E-state index contributed by atoms with van der Waals surface area (Å²) in [6.45, 7) is 1.50. The van der Waals surface area contributed by atoms with Crippen molar-refractivity contribution in [3.05, 3.63) is 65.7 Å². The molecule has 2 aromatic rings. The predicted molar refractivity (Wildman–Crippen MR) is 115 cm³/mol. The van der Waals surface area contributed by atoms with Crippen molar-refractivity contribution in [2.45, 2.75) is 51.0 Å². The van der Waals surface area contributed by atoms with Crippen molar-refractivity contribution in [2.75, 3.05) is 11.9 Å². The van der Waals surface area contributed by atoms with Crippen molar-refractivity contribution in [1.29, 1.82) is 0 Å². The first kappa shape index (κ1) is 21.6. The van der Waals surface area contributed by atoms with Gasteiger partial charge in [0.15, 0.2) is 6.61 Å². The molecule has 6 nitrogen and oxygen atoms in total. The largest absolute Gasteiger partial charge is 0.455 e. The molecule has 0 spiro atoms. The Labute approximate surface area is 177 Å². The van der Waals surface area contributed by atoms with E-state index in [0.717, 1.165) is 31.2 Å². The number of carbonyl (C=O) groups is 3. The van der Waals surface area contributed by atoms with Gasteiger partial charge in [-0.25, -0.2) is 0 Å². The highest BCUT2D eigenvalue weighted by molar-refractivity contribution is 6.04. The van der Waals surface area contributed by atoms with Crippen molar-refractivity contribution >= 4 is 23.5 Å². The summed E-state index contributed by atoms with van der Waals surface area (Å²) in [6.07, 6.45) is 4.79. The number of nitrogens with one attached hydrogen (secondary N) is 2. The molecule has 1 fully saturated rings. The van der Waals surface area contributed by atoms with Crippen molar-refractivity contribution < 1.29 is 19.1 Å². The van der Waals surface area contributed by atoms with Gasteiger partial charge in [0.1, 0.15) is 0 Å². The highest BCUT2D eigenvalue weighted by Gasteiger charge is 2.22. The lowest BCUT2D eigenvalue weighted by molar-refractivity contribution is -0.149. The molecule has 0 bridgehead atoms. The fraction of sp³-hybridized carbons (Fsp3) is 0.375. The first-order valence-corrected chi connectivity index (χ1v) is 10.5. The van der Waals surface area contributed by atoms with Crippen LogP contribution in [0.1, 0.15) is 60.9 Å². The van der Waals surface area contributed by atoms with E-state index < -0.39 is 24.4 Å². The molecule has 0 unspecified atom stereocenters. The summed E-state index contributed by atoms with van der Waals surface area (Å²) in [7, 11) is 0. The molecule has 1 saturated carbocycles. The number of benzene rings is 2. The van der Waals surface area contributed by atoms with E-state index in [-0.39, 0.29) is 11.9 Å². The van der Waals surface area contributed by atoms with Gasteiger partial charge in [0.25, 0.3) is 11.8 Å². The van der Waals surface area contributed by atoms with Crippen LogP contribution in [0.3, 0.4) is 0 Å². The summed E-state index contributed by atoms with van der Waals surface area (Å²) >= 11 is 0. The molecule has 0 aliphatic heterocycles. The molecular weight excluding hydrogens is 380 g/mol. The van der Waals surface area contributed by atoms with Gasteiger partial charge < -0.3 is 15.4 Å². The minimum atomic E-state index is -0.479. The fourth-order valence-corrected chi connectivity index (χ4v) is 3.77. The molecule has 30 heavy (non-hydrogen) atoms. The Morgan fingerprint density at radius 3 is 2.37 bits per heavy atom. The maximum atomic E-state index is 12.6. The van der Waals surface area contributed by atoms with Gasteiger partial charge in [-0.3, -0.25) is 14.4 Å². The number of hydrogen-bond donors (Lipinski definition) is 2. The zero-order valence-electron chi connectivity index (χ0n) is 17.2. The van der Waals surface area contributed by atoms with Crippen LogP contribution < -0.4 is 10.6 Å². The smallest absolute Gasteiger partial charge is 0.313 e. The van der Waals surface area contributed by atoms with Crippen LogP contribution in [0.25, 0.3) is 0 Å². The lowest BCUT2D eigenvalue weighted by Gasteiger charge is -2.16. The lowest BCUT2D eigenvalue weighted by Crippen LogP contribution is -2.33. The topological polar surface area (TPSA) is 84.5 Å². The molecule has 1 atom stereocenters. The molecule has 1 aliphatic rings. The third-order valence-corrected chi connectivity index (χ3v) is 5.38. The first-order chi connectivity index (χ1) is 14.6. The van der Waals surface area contributed by atoms with Gasteiger partial charge in [-0.05, 0) is 37.0 Å². The molecular formula is C24H28N2O4. The molecule has 2 aromatic carbocycles. The number of amides is 2. The number of ether oxygens (including phenoxy) is 1. The van der Waals surface area contributed by atoms with Crippen LogP contribution in [0.5, 0.6) is 0 Å². The summed E-state index contributed by atoms with van der Waals surface area (Å²) in [5, 5.41) is 5.72. The Morgan fingerprint density at radius 1 is 1.00 bits per heavy atom. The molecule has 0 heterocycles. The minimum absolute atomic E-state index is 0.186. The Bertz CT molecular complexity index is 876. The van der Waals surface area contributed by atoms with Crippen molar-refractivity contribution in [1.82, 2.24) is 5.32 Å². The summed E-state index contributed by atoms with van der Waals surface area (Å²) in [6, 6.07) is 16.4. The number of esters is 1. The van der Waals surface area contributed by atoms with Crippen molar-refractivity contribution in [3.8, 4) is 0 Å². The standard InChI is InChI=1S/C24H28N2O4/c1-2-19(17-10-4-3-5-11-17)24(29)30-16-22(27)26-21-15-9-8-14-20(21)23(28)25-18-12-6-7-13-18/h3-5,8-11,14-15,18-19H,2,6-7,12-13,16H2,1H3,(H,25,28)(H,26,27)/t19-/m1/s1. The molecule has 0 radical (unpaired) electrons. The van der Waals surface area contributed by atoms with Crippen LogP contribution in [0, 0.1) is 0 Å². The first-order valence-electron chi connectivity index (χ1n) is 10.5. The number of rotatable bonds is 8. The zero-order valence-corrected chi connectivity index (χ0v) is 17.2. The second kappa shape index (κ2) is 10.6. The lowest BCUT2D eigenvalue weighted by atomic mass is 9.97. The molecule has 2 amide bonds. The summed E-state index contributed by atoms with van der Waals surface area (Å²) in [5.74, 6) is -1.54. The van der Waals surface area contributed by atoms with E-state index in [4.69, 9.17) is 4.74 Å². The number of para-hydroxylation sites is 1. The second-order valence-corrected chi connectivity index (χ2v) is 7.53. The molecule has 1 aliphatic carbocycles. The highest BCUT2D eigenvalue weighted by atomic mass is 16.5. The van der Waals surface area contributed by atoms with Gasteiger partial charge in [-0.1, -0.05) is 62.2 Å². The zero-order chi connectivity index (χ0) is 21.3. The van der Waals surface area contributed by atoms with E-state index >= 15 is 0 Å². The monoisotopic (exact) mass is 408 g/mol. The van der Waals surface area contributed by atoms with Gasteiger partial charge in [0.2, 0.25) is 0 Å². The van der Waals surface area contributed by atoms with Crippen molar-refractivity contribution in [3.63, 3.8) is 0 Å². The molecule has 2 N–H and O–H groups in total. The van der Waals surface area contributed by atoms with E-state index in [9.17, 15) is 14.4 Å². The van der Waals surface area contributed by atoms with Gasteiger partial charge in [-0.15, -0.1) is 0 Å². The SMILES string of the molecule is CC[C@@H](C(=O)OCC(=O)Nc1ccccc1C(=O)NC1CCCC1)c1ccccc1. The number of hydrogen-bond acceptors (Lipinski definition) is 4. The van der Waals surface area contributed by atoms with E-state index in [1.807, 2.05) is 37.3 Å². The van der Waals surface area contributed by atoms with E-state index in [1.54, 1.807) is 24.3 Å². The normalized spacial score (nSPS) is 14.7. The summed E-state index contributed by atoms with van der Waals surface area (Å²) < 4.78 is 5.24. The maximum absolute atomic E-state index is 12.6. The fourth-order valence-electron chi connectivity index (χ4n) is 3.77. The van der Waals surface area contributed by atoms with Gasteiger partial charge >= 0.3 is 5.97 Å². The van der Waals surface area contributed by atoms with E-state index in [2.05, 4.69) is 10.6 Å². The predicted octanol–water partition coefficient (Wildman–Crippen LogP) is 4.03. The summed E-state index contributed by atoms with van der Waals surface area (Å²) in [4.78, 5) is 37.4. The van der Waals surface area contributed by atoms with Crippen LogP contribution >= 0.6 is 0 Å². The van der Waals surface area contributed by atoms with Crippen LogP contribution in [-0.2, 0) is 14.3 Å². The van der Waals surface area contributed by atoms with Crippen molar-refractivity contribution in [2.24, 2.45) is 0 Å². The van der Waals surface area contributed by atoms with Crippen LogP contribution in [0.2, 0.25) is 0 Å². The molecule has 0 aromatic heterocycles. The summed E-state index contributed by atoms with van der Waals surface area (Å²) in [5.41, 5.74) is 1.67. The molecule has 6 heteroatoms. The van der Waals surface area contributed by atoms with Crippen LogP contribution in [0.15, 0.2) is 54.6 Å². The average molecular weight is 408 g/mol. The Hall–Kier alpha value is -3.15. The molecule has 0 saturated heterocycles. The Kier molecular flexibility index (Phi) is 7.60. The van der Waals surface area contributed by atoms with Gasteiger partial charge in [0, 0.05) is 6.04 Å². The van der Waals surface area contributed by atoms with Crippen LogP contribution in [-0.4, -0.2) is 30.4 Å². The number of anilines is 1. The second-order valence-electron chi connectivity index (χ2n) is 7.53. The van der Waals surface area contributed by atoms with Gasteiger partial charge in [0.05, 0.1) is 17.2 Å².